The van der Waals surface area contributed by atoms with Crippen LogP contribution in [0.2, 0.25) is 0 Å². The first-order valence-electron chi connectivity index (χ1n) is 8.08. The Balaban J connectivity index is 1.82. The van der Waals surface area contributed by atoms with Crippen LogP contribution >= 0.6 is 0 Å². The summed E-state index contributed by atoms with van der Waals surface area (Å²) in [6, 6.07) is 18.5. The second-order valence-electron chi connectivity index (χ2n) is 5.89. The minimum atomic E-state index is -0.289. The lowest BCUT2D eigenvalue weighted by atomic mass is 9.96. The molecule has 0 aliphatic heterocycles. The van der Waals surface area contributed by atoms with E-state index in [1.165, 1.54) is 18.2 Å². The molecule has 2 rings (SSSR count). The second kappa shape index (κ2) is 8.49. The van der Waals surface area contributed by atoms with Crippen molar-refractivity contribution in [2.45, 2.75) is 32.2 Å². The molecule has 23 heavy (non-hydrogen) atoms. The van der Waals surface area contributed by atoms with E-state index in [1.807, 2.05) is 30.3 Å². The summed E-state index contributed by atoms with van der Waals surface area (Å²) in [6.07, 6.45) is 1.05. The minimum Gasteiger partial charge on any atom is -0.465 e. The van der Waals surface area contributed by atoms with Crippen LogP contribution in [0.15, 0.2) is 54.6 Å². The molecule has 0 saturated carbocycles. The number of hydrogen-bond acceptors (Lipinski definition) is 3. The number of hydrogen-bond donors (Lipinski definition) is 1. The topological polar surface area (TPSA) is 38.3 Å². The van der Waals surface area contributed by atoms with Crippen LogP contribution in [0.3, 0.4) is 0 Å². The Labute approximate surface area is 138 Å². The number of carbonyl (C=O) groups excluding carboxylic acids is 1. The van der Waals surface area contributed by atoms with Crippen molar-refractivity contribution in [2.75, 3.05) is 13.7 Å². The zero-order valence-corrected chi connectivity index (χ0v) is 14.1. The number of carbonyl (C=O) groups is 1. The van der Waals surface area contributed by atoms with Gasteiger partial charge in [-0.15, -0.1) is 0 Å². The maximum Gasteiger partial charge on any atom is 0.337 e. The molecule has 0 aliphatic rings. The van der Waals surface area contributed by atoms with E-state index in [-0.39, 0.29) is 5.97 Å². The van der Waals surface area contributed by atoms with Gasteiger partial charge in [0.25, 0.3) is 0 Å². The highest BCUT2D eigenvalue weighted by Crippen LogP contribution is 2.20. The van der Waals surface area contributed by atoms with Crippen molar-refractivity contribution in [1.82, 2.24) is 5.32 Å². The molecule has 0 aromatic heterocycles. The summed E-state index contributed by atoms with van der Waals surface area (Å²) < 4.78 is 4.72. The van der Waals surface area contributed by atoms with E-state index >= 15 is 0 Å². The molecule has 0 heterocycles. The lowest BCUT2D eigenvalue weighted by Gasteiger charge is -2.17. The van der Waals surface area contributed by atoms with E-state index in [9.17, 15) is 4.79 Å². The standard InChI is InChI=1S/C20H25NO2/c1-15(17-9-11-19(12-10-17)20(22)23-3)13-14-21-16(2)18-7-5-4-6-8-18/h4-12,15-16,21H,13-14H2,1-3H3. The van der Waals surface area contributed by atoms with Gasteiger partial charge < -0.3 is 10.1 Å². The quantitative estimate of drug-likeness (QED) is 0.774. The first-order chi connectivity index (χ1) is 11.1. The van der Waals surface area contributed by atoms with Gasteiger partial charge in [0.1, 0.15) is 0 Å². The summed E-state index contributed by atoms with van der Waals surface area (Å²) in [5.41, 5.74) is 3.15. The number of esters is 1. The fraction of sp³-hybridized carbons (Fsp3) is 0.350. The molecule has 0 bridgehead atoms. The molecule has 1 N–H and O–H groups in total. The van der Waals surface area contributed by atoms with Gasteiger partial charge in [-0.25, -0.2) is 4.79 Å². The lowest BCUT2D eigenvalue weighted by molar-refractivity contribution is 0.0600. The first kappa shape index (κ1) is 17.2. The van der Waals surface area contributed by atoms with Crippen molar-refractivity contribution in [3.05, 3.63) is 71.3 Å². The molecule has 2 unspecified atom stereocenters. The number of nitrogens with one attached hydrogen (secondary N) is 1. The molecule has 0 amide bonds. The minimum absolute atomic E-state index is 0.289. The normalized spacial score (nSPS) is 13.3. The van der Waals surface area contributed by atoms with E-state index in [4.69, 9.17) is 4.74 Å². The summed E-state index contributed by atoms with van der Waals surface area (Å²) in [6.45, 7) is 5.35. The Morgan fingerprint density at radius 3 is 2.26 bits per heavy atom. The van der Waals surface area contributed by atoms with E-state index in [2.05, 4.69) is 43.4 Å². The average molecular weight is 311 g/mol. The third-order valence-corrected chi connectivity index (χ3v) is 4.23. The Morgan fingerprint density at radius 1 is 1.00 bits per heavy atom. The summed E-state index contributed by atoms with van der Waals surface area (Å²) in [5, 5.41) is 3.56. The molecule has 0 fully saturated rings. The van der Waals surface area contributed by atoms with Crippen LogP contribution in [-0.2, 0) is 4.74 Å². The molecule has 2 aromatic carbocycles. The summed E-state index contributed by atoms with van der Waals surface area (Å²) in [5.74, 6) is 0.153. The SMILES string of the molecule is COC(=O)c1ccc(C(C)CCNC(C)c2ccccc2)cc1. The summed E-state index contributed by atoms with van der Waals surface area (Å²) >= 11 is 0. The largest absolute Gasteiger partial charge is 0.465 e. The van der Waals surface area contributed by atoms with Gasteiger partial charge in [0.2, 0.25) is 0 Å². The molecule has 3 nitrogen and oxygen atoms in total. The molecule has 2 aromatic rings. The van der Waals surface area contributed by atoms with Crippen molar-refractivity contribution in [1.29, 1.82) is 0 Å². The van der Waals surface area contributed by atoms with Crippen LogP contribution < -0.4 is 5.32 Å². The lowest BCUT2D eigenvalue weighted by Crippen LogP contribution is -2.21. The third-order valence-electron chi connectivity index (χ3n) is 4.23. The molecular formula is C20H25NO2. The predicted octanol–water partition coefficient (Wildman–Crippen LogP) is 4.32. The Hall–Kier alpha value is -2.13. The van der Waals surface area contributed by atoms with Crippen LogP contribution in [0.25, 0.3) is 0 Å². The number of rotatable bonds is 7. The molecule has 2 atom stereocenters. The number of ether oxygens (including phenoxy) is 1. The second-order valence-corrected chi connectivity index (χ2v) is 5.89. The van der Waals surface area contributed by atoms with Crippen molar-refractivity contribution < 1.29 is 9.53 Å². The van der Waals surface area contributed by atoms with Crippen LogP contribution in [0.4, 0.5) is 0 Å². The molecule has 0 aliphatic carbocycles. The smallest absolute Gasteiger partial charge is 0.337 e. The van der Waals surface area contributed by atoms with Gasteiger partial charge in [-0.2, -0.15) is 0 Å². The predicted molar refractivity (Wildman–Crippen MR) is 93.7 cm³/mol. The Morgan fingerprint density at radius 2 is 1.65 bits per heavy atom. The van der Waals surface area contributed by atoms with E-state index in [1.54, 1.807) is 0 Å². The molecular weight excluding hydrogens is 286 g/mol. The van der Waals surface area contributed by atoms with E-state index in [0.29, 0.717) is 17.5 Å². The number of benzene rings is 2. The monoisotopic (exact) mass is 311 g/mol. The van der Waals surface area contributed by atoms with Crippen molar-refractivity contribution in [3.8, 4) is 0 Å². The van der Waals surface area contributed by atoms with Gasteiger partial charge in [0.05, 0.1) is 12.7 Å². The zero-order valence-electron chi connectivity index (χ0n) is 14.1. The van der Waals surface area contributed by atoms with Crippen LogP contribution in [0.1, 0.15) is 53.7 Å². The van der Waals surface area contributed by atoms with Crippen LogP contribution in [-0.4, -0.2) is 19.6 Å². The Bertz CT molecular complexity index is 607. The van der Waals surface area contributed by atoms with Gasteiger partial charge in [-0.1, -0.05) is 49.4 Å². The number of methoxy groups -OCH3 is 1. The van der Waals surface area contributed by atoms with Crippen LogP contribution in [0.5, 0.6) is 0 Å². The molecule has 0 saturated heterocycles. The van der Waals surface area contributed by atoms with E-state index in [0.717, 1.165) is 13.0 Å². The van der Waals surface area contributed by atoms with Crippen molar-refractivity contribution >= 4 is 5.97 Å². The first-order valence-corrected chi connectivity index (χ1v) is 8.08. The molecule has 0 radical (unpaired) electrons. The van der Waals surface area contributed by atoms with E-state index < -0.39 is 0 Å². The van der Waals surface area contributed by atoms with Gasteiger partial charge in [0, 0.05) is 6.04 Å². The van der Waals surface area contributed by atoms with Crippen LogP contribution in [0, 0.1) is 0 Å². The molecule has 0 spiro atoms. The Kier molecular flexibility index (Phi) is 6.36. The van der Waals surface area contributed by atoms with Gasteiger partial charge >= 0.3 is 5.97 Å². The van der Waals surface area contributed by atoms with Crippen molar-refractivity contribution in [2.24, 2.45) is 0 Å². The molecule has 122 valence electrons. The molecule has 3 heteroatoms. The highest BCUT2D eigenvalue weighted by atomic mass is 16.5. The van der Waals surface area contributed by atoms with Gasteiger partial charge in [0.15, 0.2) is 0 Å². The van der Waals surface area contributed by atoms with Gasteiger partial charge in [-0.05, 0) is 49.1 Å². The highest BCUT2D eigenvalue weighted by molar-refractivity contribution is 5.89. The summed E-state index contributed by atoms with van der Waals surface area (Å²) in [7, 11) is 1.40. The summed E-state index contributed by atoms with van der Waals surface area (Å²) in [4.78, 5) is 11.4. The van der Waals surface area contributed by atoms with Crippen molar-refractivity contribution in [3.63, 3.8) is 0 Å². The fourth-order valence-electron chi connectivity index (χ4n) is 2.61. The van der Waals surface area contributed by atoms with Gasteiger partial charge in [-0.3, -0.25) is 0 Å². The highest BCUT2D eigenvalue weighted by Gasteiger charge is 2.10. The average Bonchev–Trinajstić information content (AvgIpc) is 2.61. The third kappa shape index (κ3) is 4.93. The maximum atomic E-state index is 11.4. The zero-order chi connectivity index (χ0) is 16.7. The maximum absolute atomic E-state index is 11.4. The fourth-order valence-corrected chi connectivity index (χ4v) is 2.61.